The van der Waals surface area contributed by atoms with Gasteiger partial charge in [-0.3, -0.25) is 4.79 Å². The van der Waals surface area contributed by atoms with Crippen LogP contribution >= 0.6 is 0 Å². The van der Waals surface area contributed by atoms with E-state index >= 15 is 0 Å². The normalized spacial score (nSPS) is 12.2. The zero-order valence-electron chi connectivity index (χ0n) is 30.8. The summed E-state index contributed by atoms with van der Waals surface area (Å²) < 4.78 is 0. The van der Waals surface area contributed by atoms with Crippen LogP contribution in [0.2, 0.25) is 0 Å². The third-order valence-electron chi connectivity index (χ3n) is 9.98. The maximum Gasteiger partial charge on any atom is 0.161 e. The van der Waals surface area contributed by atoms with E-state index in [2.05, 4.69) is 13.8 Å². The third-order valence-corrected chi connectivity index (χ3v) is 9.98. The zero-order chi connectivity index (χ0) is 32.0. The molecule has 0 rings (SSSR count). The standard InChI is InChI=1S/C42H84O2/c1-3-5-7-9-11-13-15-17-18-19-20-21-22-23-24-25-26-28-30-32-34-36-38-40-42(44)41(43)39-37-35-33-31-29-27-16-14-12-10-8-6-4-2/h41,43H,3-40H2,1-2H3. The average molecular weight is 621 g/mol. The topological polar surface area (TPSA) is 37.3 Å². The molecule has 0 amide bonds. The third kappa shape index (κ3) is 36.1. The largest absolute Gasteiger partial charge is 0.385 e. The number of carbonyl (C=O) groups is 1. The number of unbranched alkanes of at least 4 members (excludes halogenated alkanes) is 34. The summed E-state index contributed by atoms with van der Waals surface area (Å²) in [7, 11) is 0. The number of aliphatic hydroxyl groups excluding tert-OH is 1. The highest BCUT2D eigenvalue weighted by Crippen LogP contribution is 2.17. The molecule has 0 aromatic rings. The Morgan fingerprint density at radius 2 is 0.545 bits per heavy atom. The molecule has 1 N–H and O–H groups in total. The molecule has 0 aromatic carbocycles. The van der Waals surface area contributed by atoms with Crippen molar-refractivity contribution in [2.75, 3.05) is 0 Å². The molecule has 0 aliphatic heterocycles. The molecule has 0 spiro atoms. The van der Waals surface area contributed by atoms with Crippen LogP contribution in [-0.4, -0.2) is 17.0 Å². The maximum absolute atomic E-state index is 12.3. The van der Waals surface area contributed by atoms with E-state index in [4.69, 9.17) is 0 Å². The second kappa shape index (κ2) is 38.8. The zero-order valence-corrected chi connectivity index (χ0v) is 30.8. The Morgan fingerprint density at radius 1 is 0.341 bits per heavy atom. The Bertz CT molecular complexity index is 530. The van der Waals surface area contributed by atoms with Crippen molar-refractivity contribution in [2.45, 2.75) is 264 Å². The highest BCUT2D eigenvalue weighted by Gasteiger charge is 2.13. The van der Waals surface area contributed by atoms with Gasteiger partial charge in [0.2, 0.25) is 0 Å². The minimum Gasteiger partial charge on any atom is -0.385 e. The first-order chi connectivity index (χ1) is 21.7. The molecule has 2 nitrogen and oxygen atoms in total. The first kappa shape index (κ1) is 43.6. The molecule has 0 saturated heterocycles. The van der Waals surface area contributed by atoms with Crippen LogP contribution in [0.5, 0.6) is 0 Å². The predicted molar refractivity (Wildman–Crippen MR) is 198 cm³/mol. The van der Waals surface area contributed by atoms with Gasteiger partial charge in [-0.2, -0.15) is 0 Å². The molecule has 0 radical (unpaired) electrons. The van der Waals surface area contributed by atoms with Gasteiger partial charge in [0.15, 0.2) is 5.78 Å². The fourth-order valence-electron chi connectivity index (χ4n) is 6.77. The van der Waals surface area contributed by atoms with Gasteiger partial charge < -0.3 is 5.11 Å². The molecule has 264 valence electrons. The highest BCUT2D eigenvalue weighted by atomic mass is 16.3. The van der Waals surface area contributed by atoms with E-state index in [1.165, 1.54) is 212 Å². The second-order valence-electron chi connectivity index (χ2n) is 14.5. The number of rotatable bonds is 39. The number of aliphatic hydroxyl groups is 1. The molecular formula is C42H84O2. The lowest BCUT2D eigenvalue weighted by molar-refractivity contribution is -0.127. The van der Waals surface area contributed by atoms with Crippen molar-refractivity contribution in [2.24, 2.45) is 0 Å². The first-order valence-corrected chi connectivity index (χ1v) is 20.9. The molecule has 2 heteroatoms. The Labute approximate surface area is 279 Å². The van der Waals surface area contributed by atoms with Crippen molar-refractivity contribution in [1.29, 1.82) is 0 Å². The lowest BCUT2D eigenvalue weighted by Gasteiger charge is -2.09. The van der Waals surface area contributed by atoms with Gasteiger partial charge >= 0.3 is 0 Å². The molecule has 0 saturated carbocycles. The van der Waals surface area contributed by atoms with Crippen molar-refractivity contribution in [3.8, 4) is 0 Å². The van der Waals surface area contributed by atoms with Gasteiger partial charge in [0.1, 0.15) is 6.10 Å². The summed E-state index contributed by atoms with van der Waals surface area (Å²) >= 11 is 0. The van der Waals surface area contributed by atoms with E-state index in [1.54, 1.807) is 0 Å². The van der Waals surface area contributed by atoms with Crippen LogP contribution in [0.3, 0.4) is 0 Å². The Kier molecular flexibility index (Phi) is 38.5. The minimum absolute atomic E-state index is 0.0902. The molecule has 0 bridgehead atoms. The van der Waals surface area contributed by atoms with Gasteiger partial charge in [0.25, 0.3) is 0 Å². The Balaban J connectivity index is 3.24. The number of hydrogen-bond donors (Lipinski definition) is 1. The molecule has 1 atom stereocenters. The summed E-state index contributed by atoms with van der Waals surface area (Å²) in [6.45, 7) is 4.58. The van der Waals surface area contributed by atoms with E-state index in [9.17, 15) is 9.90 Å². The van der Waals surface area contributed by atoms with E-state index in [1.807, 2.05) is 0 Å². The Morgan fingerprint density at radius 3 is 0.795 bits per heavy atom. The molecule has 0 aromatic heterocycles. The van der Waals surface area contributed by atoms with Crippen LogP contribution in [0.25, 0.3) is 0 Å². The summed E-state index contributed by atoms with van der Waals surface area (Å²) in [5.74, 6) is 0.0902. The molecule has 44 heavy (non-hydrogen) atoms. The van der Waals surface area contributed by atoms with Crippen LogP contribution in [0.4, 0.5) is 0 Å². The molecule has 1 unspecified atom stereocenters. The van der Waals surface area contributed by atoms with Crippen LogP contribution in [0, 0.1) is 0 Å². The monoisotopic (exact) mass is 621 g/mol. The predicted octanol–water partition coefficient (Wildman–Crippen LogP) is 14.8. The molecule has 0 aliphatic carbocycles. The number of carbonyl (C=O) groups excluding carboxylic acids is 1. The van der Waals surface area contributed by atoms with Crippen molar-refractivity contribution < 1.29 is 9.90 Å². The lowest BCUT2D eigenvalue weighted by Crippen LogP contribution is -2.19. The number of ketones is 1. The van der Waals surface area contributed by atoms with Gasteiger partial charge in [-0.15, -0.1) is 0 Å². The Hall–Kier alpha value is -0.370. The van der Waals surface area contributed by atoms with Gasteiger partial charge in [-0.1, -0.05) is 239 Å². The van der Waals surface area contributed by atoms with Gasteiger partial charge in [0, 0.05) is 6.42 Å². The average Bonchev–Trinajstić information content (AvgIpc) is 3.03. The summed E-state index contributed by atoms with van der Waals surface area (Å²) in [5.41, 5.74) is 0. The van der Waals surface area contributed by atoms with Crippen LogP contribution in [0.15, 0.2) is 0 Å². The van der Waals surface area contributed by atoms with Gasteiger partial charge in [-0.25, -0.2) is 0 Å². The summed E-state index contributed by atoms with van der Waals surface area (Å²) in [6.07, 6.45) is 49.8. The van der Waals surface area contributed by atoms with Gasteiger partial charge in [0.05, 0.1) is 0 Å². The molecular weight excluding hydrogens is 536 g/mol. The molecule has 0 aliphatic rings. The summed E-state index contributed by atoms with van der Waals surface area (Å²) in [4.78, 5) is 12.3. The second-order valence-corrected chi connectivity index (χ2v) is 14.5. The minimum atomic E-state index is -0.706. The van der Waals surface area contributed by atoms with Gasteiger partial charge in [-0.05, 0) is 12.8 Å². The maximum atomic E-state index is 12.3. The molecule has 0 fully saturated rings. The van der Waals surface area contributed by atoms with E-state index in [0.717, 1.165) is 19.3 Å². The first-order valence-electron chi connectivity index (χ1n) is 20.9. The van der Waals surface area contributed by atoms with E-state index in [0.29, 0.717) is 12.8 Å². The van der Waals surface area contributed by atoms with E-state index in [-0.39, 0.29) is 5.78 Å². The van der Waals surface area contributed by atoms with Crippen molar-refractivity contribution >= 4 is 5.78 Å². The van der Waals surface area contributed by atoms with Crippen molar-refractivity contribution in [3.63, 3.8) is 0 Å². The summed E-state index contributed by atoms with van der Waals surface area (Å²) in [6, 6.07) is 0. The van der Waals surface area contributed by atoms with Crippen molar-refractivity contribution in [1.82, 2.24) is 0 Å². The fourth-order valence-corrected chi connectivity index (χ4v) is 6.77. The smallest absolute Gasteiger partial charge is 0.161 e. The number of Topliss-reactive ketones (excluding diaryl/α,β-unsaturated/α-hetero) is 1. The summed E-state index contributed by atoms with van der Waals surface area (Å²) in [5, 5.41) is 10.2. The van der Waals surface area contributed by atoms with Crippen LogP contribution < -0.4 is 0 Å². The molecule has 0 heterocycles. The lowest BCUT2D eigenvalue weighted by atomic mass is 10.00. The fraction of sp³-hybridized carbons (Fsp3) is 0.976. The van der Waals surface area contributed by atoms with Crippen LogP contribution in [-0.2, 0) is 4.79 Å². The SMILES string of the molecule is CCCCCCCCCCCCCCCCCCCCCCCCCC(=O)C(O)CCCCCCCCCCCCCCC. The quantitative estimate of drug-likeness (QED) is 0.0694. The van der Waals surface area contributed by atoms with Crippen molar-refractivity contribution in [3.05, 3.63) is 0 Å². The number of hydrogen-bond acceptors (Lipinski definition) is 2. The van der Waals surface area contributed by atoms with E-state index < -0.39 is 6.10 Å². The highest BCUT2D eigenvalue weighted by molar-refractivity contribution is 5.82. The van der Waals surface area contributed by atoms with Crippen LogP contribution in [0.1, 0.15) is 258 Å².